The van der Waals surface area contributed by atoms with E-state index >= 15 is 0 Å². The lowest BCUT2D eigenvalue weighted by Gasteiger charge is -2.19. The maximum atomic E-state index is 12.5. The summed E-state index contributed by atoms with van der Waals surface area (Å²) in [5, 5.41) is 11.7. The molecule has 0 saturated heterocycles. The minimum absolute atomic E-state index is 0.0668. The van der Waals surface area contributed by atoms with Crippen LogP contribution in [0.3, 0.4) is 0 Å². The number of fused-ring (bicyclic) bond motifs is 3. The first-order valence-electron chi connectivity index (χ1n) is 10.8. The fourth-order valence-electron chi connectivity index (χ4n) is 4.17. The lowest BCUT2D eigenvalue weighted by molar-refractivity contribution is -0.137. The van der Waals surface area contributed by atoms with Crippen molar-refractivity contribution in [2.75, 3.05) is 25.0 Å². The van der Waals surface area contributed by atoms with Gasteiger partial charge in [0.2, 0.25) is 0 Å². The number of carboxylic acid groups (broad SMARTS) is 1. The van der Waals surface area contributed by atoms with Crippen molar-refractivity contribution in [1.29, 1.82) is 0 Å². The average Bonchev–Trinajstić information content (AvgIpc) is 3.15. The number of nitrogens with one attached hydrogen (secondary N) is 1. The molecule has 0 fully saturated rings. The van der Waals surface area contributed by atoms with E-state index in [0.29, 0.717) is 0 Å². The second kappa shape index (κ2) is 9.97. The first kappa shape index (κ1) is 23.3. The largest absolute Gasteiger partial charge is 0.480 e. The quantitative estimate of drug-likeness (QED) is 0.483. The molecule has 4 rings (SSSR count). The van der Waals surface area contributed by atoms with Crippen molar-refractivity contribution in [1.82, 2.24) is 4.90 Å². The van der Waals surface area contributed by atoms with Crippen molar-refractivity contribution in [3.63, 3.8) is 0 Å². The fourth-order valence-corrected chi connectivity index (χ4v) is 4.39. The second-order valence-corrected chi connectivity index (χ2v) is 8.27. The van der Waals surface area contributed by atoms with Crippen LogP contribution in [0.1, 0.15) is 34.3 Å². The zero-order valence-corrected chi connectivity index (χ0v) is 19.2. The molecular weight excluding hydrogens is 456 g/mol. The Kier molecular flexibility index (Phi) is 6.84. The van der Waals surface area contributed by atoms with Crippen LogP contribution in [0, 0.1) is 0 Å². The average molecular weight is 479 g/mol. The zero-order chi connectivity index (χ0) is 24.2. The minimum Gasteiger partial charge on any atom is -0.480 e. The van der Waals surface area contributed by atoms with Gasteiger partial charge in [-0.1, -0.05) is 60.1 Å². The Morgan fingerprint density at radius 2 is 1.62 bits per heavy atom. The molecule has 0 spiro atoms. The van der Waals surface area contributed by atoms with E-state index in [1.165, 1.54) is 23.1 Å². The van der Waals surface area contributed by atoms with Gasteiger partial charge in [0.1, 0.15) is 13.2 Å². The predicted molar refractivity (Wildman–Crippen MR) is 129 cm³/mol. The number of benzene rings is 3. The van der Waals surface area contributed by atoms with E-state index in [0.717, 1.165) is 22.3 Å². The van der Waals surface area contributed by atoms with Gasteiger partial charge in [-0.25, -0.2) is 4.79 Å². The summed E-state index contributed by atoms with van der Waals surface area (Å²) >= 11 is 6.27. The van der Waals surface area contributed by atoms with Crippen molar-refractivity contribution in [3.8, 4) is 11.1 Å². The summed E-state index contributed by atoms with van der Waals surface area (Å²) < 4.78 is 5.53. The molecule has 3 aromatic carbocycles. The molecule has 0 bridgehead atoms. The van der Waals surface area contributed by atoms with E-state index in [-0.39, 0.29) is 35.3 Å². The molecule has 174 valence electrons. The topological polar surface area (TPSA) is 95.9 Å². The maximum Gasteiger partial charge on any atom is 0.411 e. The summed E-state index contributed by atoms with van der Waals surface area (Å²) in [6.45, 7) is 1.68. The second-order valence-electron chi connectivity index (χ2n) is 7.86. The molecule has 0 unspecified atom stereocenters. The maximum absolute atomic E-state index is 12.5. The molecule has 0 aliphatic heterocycles. The van der Waals surface area contributed by atoms with Crippen molar-refractivity contribution in [2.24, 2.45) is 0 Å². The Morgan fingerprint density at radius 3 is 2.18 bits per heavy atom. The number of carbonyl (C=O) groups is 3. The van der Waals surface area contributed by atoms with Gasteiger partial charge in [0.15, 0.2) is 0 Å². The van der Waals surface area contributed by atoms with Gasteiger partial charge < -0.3 is 14.7 Å². The number of carboxylic acids is 1. The minimum atomic E-state index is -1.10. The Balaban J connectivity index is 1.42. The van der Waals surface area contributed by atoms with E-state index in [1.807, 2.05) is 36.4 Å². The molecule has 34 heavy (non-hydrogen) atoms. The highest BCUT2D eigenvalue weighted by molar-refractivity contribution is 6.34. The molecule has 0 atom stereocenters. The molecule has 0 radical (unpaired) electrons. The molecule has 3 aromatic rings. The van der Waals surface area contributed by atoms with Crippen LogP contribution in [0.15, 0.2) is 66.7 Å². The predicted octanol–water partition coefficient (Wildman–Crippen LogP) is 5.25. The molecular formula is C26H23ClN2O5. The number of anilines is 1. The summed E-state index contributed by atoms with van der Waals surface area (Å²) in [5.74, 6) is -1.63. The van der Waals surface area contributed by atoms with Crippen molar-refractivity contribution >= 4 is 35.3 Å². The number of hydrogen-bond acceptors (Lipinski definition) is 4. The zero-order valence-electron chi connectivity index (χ0n) is 18.5. The third-order valence-corrected chi connectivity index (χ3v) is 6.10. The molecule has 1 aliphatic rings. The van der Waals surface area contributed by atoms with E-state index in [2.05, 4.69) is 17.4 Å². The molecule has 0 aromatic heterocycles. The third kappa shape index (κ3) is 4.75. The normalized spacial score (nSPS) is 11.9. The summed E-state index contributed by atoms with van der Waals surface area (Å²) in [6, 6.07) is 20.5. The van der Waals surface area contributed by atoms with Crippen LogP contribution in [-0.4, -0.2) is 47.7 Å². The summed E-state index contributed by atoms with van der Waals surface area (Å²) in [4.78, 5) is 37.2. The lowest BCUT2D eigenvalue weighted by Crippen LogP contribution is -2.35. The fraction of sp³-hybridized carbons (Fsp3) is 0.192. The molecule has 0 heterocycles. The van der Waals surface area contributed by atoms with Crippen LogP contribution in [0.5, 0.6) is 0 Å². The van der Waals surface area contributed by atoms with Crippen molar-refractivity contribution in [2.45, 2.75) is 12.8 Å². The van der Waals surface area contributed by atoms with Gasteiger partial charge in [-0.15, -0.1) is 0 Å². The van der Waals surface area contributed by atoms with Gasteiger partial charge in [-0.05, 0) is 47.4 Å². The SMILES string of the molecule is CCN(CC(=O)O)C(=O)c1ccc(NC(=O)OCC2c3ccccc3-c3ccccc32)c(Cl)c1. The number of carbonyl (C=O) groups excluding carboxylic acids is 2. The summed E-state index contributed by atoms with van der Waals surface area (Å²) in [7, 11) is 0. The molecule has 8 heteroatoms. The third-order valence-electron chi connectivity index (χ3n) is 5.79. The smallest absolute Gasteiger partial charge is 0.411 e. The number of halogens is 1. The van der Waals surface area contributed by atoms with E-state index < -0.39 is 24.5 Å². The highest BCUT2D eigenvalue weighted by atomic mass is 35.5. The Bertz CT molecular complexity index is 1210. The number of likely N-dealkylation sites (N-methyl/N-ethyl adjacent to an activating group) is 1. The van der Waals surface area contributed by atoms with Crippen LogP contribution >= 0.6 is 11.6 Å². The number of hydrogen-bond donors (Lipinski definition) is 2. The number of rotatable bonds is 7. The van der Waals surface area contributed by atoms with Gasteiger partial charge in [0.25, 0.3) is 5.91 Å². The molecule has 2 N–H and O–H groups in total. The summed E-state index contributed by atoms with van der Waals surface area (Å²) in [6.07, 6.45) is -0.663. The van der Waals surface area contributed by atoms with Crippen LogP contribution in [0.4, 0.5) is 10.5 Å². The van der Waals surface area contributed by atoms with Crippen molar-refractivity contribution in [3.05, 3.63) is 88.4 Å². The lowest BCUT2D eigenvalue weighted by atomic mass is 9.98. The Morgan fingerprint density at radius 1 is 1.00 bits per heavy atom. The van der Waals surface area contributed by atoms with Gasteiger partial charge in [0, 0.05) is 18.0 Å². The number of amides is 2. The van der Waals surface area contributed by atoms with Gasteiger partial charge in [-0.2, -0.15) is 0 Å². The van der Waals surface area contributed by atoms with Gasteiger partial charge in [0.05, 0.1) is 10.7 Å². The number of aliphatic carboxylic acids is 1. The molecule has 7 nitrogen and oxygen atoms in total. The monoisotopic (exact) mass is 478 g/mol. The van der Waals surface area contributed by atoms with Crippen molar-refractivity contribution < 1.29 is 24.2 Å². The highest BCUT2D eigenvalue weighted by Gasteiger charge is 2.29. The molecule has 2 amide bonds. The summed E-state index contributed by atoms with van der Waals surface area (Å²) in [5.41, 5.74) is 5.01. The van der Waals surface area contributed by atoms with Crippen LogP contribution in [-0.2, 0) is 9.53 Å². The van der Waals surface area contributed by atoms with Crippen LogP contribution in [0.2, 0.25) is 5.02 Å². The Labute approximate surface area is 201 Å². The van der Waals surface area contributed by atoms with Gasteiger partial charge in [-0.3, -0.25) is 14.9 Å². The Hall–Kier alpha value is -3.84. The molecule has 0 saturated carbocycles. The van der Waals surface area contributed by atoms with Gasteiger partial charge >= 0.3 is 12.1 Å². The first-order valence-corrected chi connectivity index (χ1v) is 11.2. The first-order chi connectivity index (χ1) is 16.4. The highest BCUT2D eigenvalue weighted by Crippen LogP contribution is 2.44. The van der Waals surface area contributed by atoms with Crippen LogP contribution < -0.4 is 5.32 Å². The molecule has 1 aliphatic carbocycles. The number of nitrogens with zero attached hydrogens (tertiary/aromatic N) is 1. The standard InChI is InChI=1S/C26H23ClN2O5/c1-2-29(14-24(30)31)25(32)16-11-12-23(22(27)13-16)28-26(33)34-15-21-19-9-5-3-7-17(19)18-8-4-6-10-20(18)21/h3-13,21H,2,14-15H2,1H3,(H,28,33)(H,30,31). The number of ether oxygens (including phenoxy) is 1. The van der Waals surface area contributed by atoms with Crippen LogP contribution in [0.25, 0.3) is 11.1 Å². The van der Waals surface area contributed by atoms with E-state index in [1.54, 1.807) is 6.92 Å². The van der Waals surface area contributed by atoms with E-state index in [4.69, 9.17) is 21.4 Å². The van der Waals surface area contributed by atoms with E-state index in [9.17, 15) is 14.4 Å².